The summed E-state index contributed by atoms with van der Waals surface area (Å²) < 4.78 is 10.6. The minimum absolute atomic E-state index is 0.00321. The monoisotopic (exact) mass is 574 g/mol. The third-order valence-corrected chi connectivity index (χ3v) is 7.53. The zero-order valence-electron chi connectivity index (χ0n) is 22.1. The molecule has 4 rings (SSSR count). The number of hydrogen-bond donors (Lipinski definition) is 3. The van der Waals surface area contributed by atoms with Gasteiger partial charge in [-0.15, -0.1) is 0 Å². The van der Waals surface area contributed by atoms with Gasteiger partial charge in [-0.3, -0.25) is 9.59 Å². The number of para-hydroxylation sites is 1. The molecule has 204 valence electrons. The van der Waals surface area contributed by atoms with Crippen LogP contribution < -0.4 is 25.4 Å². The maximum Gasteiger partial charge on any atom is 0.254 e. The lowest BCUT2D eigenvalue weighted by molar-refractivity contribution is -0.114. The van der Waals surface area contributed by atoms with Crippen LogP contribution in [0.5, 0.6) is 11.5 Å². The number of dihydropyridines is 1. The maximum atomic E-state index is 13.5. The molecule has 10 heteroatoms. The number of benzene rings is 3. The Labute approximate surface area is 242 Å². The third-order valence-electron chi connectivity index (χ3n) is 6.17. The Morgan fingerprint density at radius 1 is 1.02 bits per heavy atom. The van der Waals surface area contributed by atoms with Crippen molar-refractivity contribution >= 4 is 46.6 Å². The lowest BCUT2D eigenvalue weighted by Gasteiger charge is -2.30. The van der Waals surface area contributed by atoms with E-state index in [2.05, 4.69) is 22.0 Å². The Balaban J connectivity index is 1.62. The molecule has 3 aromatic rings. The van der Waals surface area contributed by atoms with Crippen molar-refractivity contribution < 1.29 is 19.1 Å². The van der Waals surface area contributed by atoms with E-state index in [1.54, 1.807) is 62.6 Å². The lowest BCUT2D eigenvalue weighted by Crippen LogP contribution is -2.31. The Bertz CT molecular complexity index is 1530. The van der Waals surface area contributed by atoms with E-state index >= 15 is 0 Å². The highest BCUT2D eigenvalue weighted by Gasteiger charge is 2.36. The average Bonchev–Trinajstić information content (AvgIpc) is 2.96. The fourth-order valence-corrected chi connectivity index (χ4v) is 5.43. The number of carbonyl (C=O) groups is 2. The molecule has 0 aromatic heterocycles. The number of nitrogens with zero attached hydrogens (tertiary/aromatic N) is 1. The number of methoxy groups -OCH3 is 2. The molecule has 0 saturated carbocycles. The summed E-state index contributed by atoms with van der Waals surface area (Å²) in [6, 6.07) is 23.5. The number of ether oxygens (including phenoxy) is 2. The van der Waals surface area contributed by atoms with Crippen LogP contribution in [0, 0.1) is 11.3 Å². The smallest absolute Gasteiger partial charge is 0.254 e. The number of carbonyl (C=O) groups excluding carboxylic acids is 2. The van der Waals surface area contributed by atoms with Gasteiger partial charge in [-0.1, -0.05) is 59.8 Å². The summed E-state index contributed by atoms with van der Waals surface area (Å²) in [7, 11) is 3.05. The van der Waals surface area contributed by atoms with E-state index in [-0.39, 0.29) is 23.1 Å². The first kappa shape index (κ1) is 28.6. The first-order valence-electron chi connectivity index (χ1n) is 12.2. The largest absolute Gasteiger partial charge is 0.497 e. The number of anilines is 2. The van der Waals surface area contributed by atoms with Gasteiger partial charge in [-0.25, -0.2) is 0 Å². The van der Waals surface area contributed by atoms with Crippen LogP contribution >= 0.6 is 23.4 Å². The molecule has 0 spiro atoms. The summed E-state index contributed by atoms with van der Waals surface area (Å²) in [5.41, 5.74) is 2.94. The van der Waals surface area contributed by atoms with Gasteiger partial charge in [-0.2, -0.15) is 5.26 Å². The number of nitriles is 1. The Morgan fingerprint density at radius 2 is 1.75 bits per heavy atom. The lowest BCUT2D eigenvalue weighted by atomic mass is 9.82. The quantitative estimate of drug-likeness (QED) is 0.284. The molecule has 0 fully saturated rings. The Kier molecular flexibility index (Phi) is 9.38. The van der Waals surface area contributed by atoms with Crippen LogP contribution in [0.2, 0.25) is 5.02 Å². The van der Waals surface area contributed by atoms with Crippen LogP contribution in [0.4, 0.5) is 11.4 Å². The summed E-state index contributed by atoms with van der Waals surface area (Å²) in [4.78, 5) is 26.4. The molecular weight excluding hydrogens is 548 g/mol. The maximum absolute atomic E-state index is 13.5. The van der Waals surface area contributed by atoms with Gasteiger partial charge in [-0.05, 0) is 42.8 Å². The minimum atomic E-state index is -0.740. The van der Waals surface area contributed by atoms with Gasteiger partial charge < -0.3 is 25.4 Å². The van der Waals surface area contributed by atoms with Crippen molar-refractivity contribution in [2.75, 3.05) is 30.6 Å². The molecule has 40 heavy (non-hydrogen) atoms. The molecule has 0 aliphatic carbocycles. The predicted octanol–water partition coefficient (Wildman–Crippen LogP) is 6.06. The standard InChI is InChI=1S/C30H27ClN4O4S/c1-18-27(29(37)34-19-9-5-4-6-10-19)28(21-11-7-8-12-23(21)31)22(16-32)30(33-18)40-17-26(36)35-24-14-13-20(38-2)15-25(24)39-3/h4-15,28,33H,17H2,1-3H3,(H,34,37)(H,35,36). The summed E-state index contributed by atoms with van der Waals surface area (Å²) in [6.07, 6.45) is 0. The Morgan fingerprint density at radius 3 is 2.42 bits per heavy atom. The second kappa shape index (κ2) is 13.1. The van der Waals surface area contributed by atoms with Crippen LogP contribution in [0.15, 0.2) is 94.7 Å². The van der Waals surface area contributed by atoms with Gasteiger partial charge in [0, 0.05) is 28.0 Å². The van der Waals surface area contributed by atoms with Gasteiger partial charge >= 0.3 is 0 Å². The second-order valence-corrected chi connectivity index (χ2v) is 10.1. The highest BCUT2D eigenvalue weighted by Crippen LogP contribution is 2.43. The molecule has 3 N–H and O–H groups in total. The normalized spacial score (nSPS) is 14.6. The second-order valence-electron chi connectivity index (χ2n) is 8.70. The summed E-state index contributed by atoms with van der Waals surface area (Å²) in [6.45, 7) is 1.76. The van der Waals surface area contributed by atoms with Gasteiger partial charge in [0.2, 0.25) is 5.91 Å². The van der Waals surface area contributed by atoms with Crippen molar-refractivity contribution in [2.24, 2.45) is 0 Å². The van der Waals surface area contributed by atoms with E-state index in [0.717, 1.165) is 11.8 Å². The predicted molar refractivity (Wildman–Crippen MR) is 158 cm³/mol. The van der Waals surface area contributed by atoms with E-state index in [0.29, 0.717) is 49.8 Å². The number of rotatable bonds is 9. The molecule has 1 atom stereocenters. The van der Waals surface area contributed by atoms with Gasteiger partial charge in [0.15, 0.2) is 0 Å². The van der Waals surface area contributed by atoms with Crippen molar-refractivity contribution in [3.05, 3.63) is 105 Å². The molecule has 2 amide bonds. The summed E-state index contributed by atoms with van der Waals surface area (Å²) in [5, 5.41) is 20.1. The molecular formula is C30H27ClN4O4S. The zero-order chi connectivity index (χ0) is 28.6. The van der Waals surface area contributed by atoms with E-state index in [4.69, 9.17) is 21.1 Å². The molecule has 1 unspecified atom stereocenters. The van der Waals surface area contributed by atoms with E-state index < -0.39 is 5.92 Å². The number of halogens is 1. The van der Waals surface area contributed by atoms with Crippen molar-refractivity contribution in [2.45, 2.75) is 12.8 Å². The highest BCUT2D eigenvalue weighted by molar-refractivity contribution is 8.03. The van der Waals surface area contributed by atoms with Crippen LogP contribution in [0.25, 0.3) is 0 Å². The molecule has 1 heterocycles. The molecule has 8 nitrogen and oxygen atoms in total. The van der Waals surface area contributed by atoms with Crippen molar-refractivity contribution in [3.63, 3.8) is 0 Å². The number of allylic oxidation sites excluding steroid dienone is 2. The van der Waals surface area contributed by atoms with Crippen LogP contribution in [-0.2, 0) is 9.59 Å². The van der Waals surface area contributed by atoms with Crippen molar-refractivity contribution in [3.8, 4) is 17.6 Å². The summed E-state index contributed by atoms with van der Waals surface area (Å²) in [5.74, 6) is -0.352. The molecule has 1 aliphatic rings. The first-order valence-corrected chi connectivity index (χ1v) is 13.6. The fourth-order valence-electron chi connectivity index (χ4n) is 4.29. The molecule has 0 saturated heterocycles. The average molecular weight is 575 g/mol. The van der Waals surface area contributed by atoms with Crippen molar-refractivity contribution in [1.29, 1.82) is 5.26 Å². The van der Waals surface area contributed by atoms with E-state index in [9.17, 15) is 14.9 Å². The zero-order valence-corrected chi connectivity index (χ0v) is 23.7. The first-order chi connectivity index (χ1) is 19.4. The van der Waals surface area contributed by atoms with Crippen molar-refractivity contribution in [1.82, 2.24) is 5.32 Å². The highest BCUT2D eigenvalue weighted by atomic mass is 35.5. The number of amides is 2. The summed E-state index contributed by atoms with van der Waals surface area (Å²) >= 11 is 7.74. The van der Waals surface area contributed by atoms with Crippen LogP contribution in [-0.4, -0.2) is 31.8 Å². The molecule has 1 aliphatic heterocycles. The minimum Gasteiger partial charge on any atom is -0.497 e. The number of nitrogens with one attached hydrogen (secondary N) is 3. The number of thioether (sulfide) groups is 1. The van der Waals surface area contributed by atoms with Gasteiger partial charge in [0.25, 0.3) is 5.91 Å². The van der Waals surface area contributed by atoms with Gasteiger partial charge in [0.1, 0.15) is 11.5 Å². The SMILES string of the molecule is COc1ccc(NC(=O)CSC2=C(C#N)C(c3ccccc3Cl)C(C(=O)Nc3ccccc3)=C(C)N2)c(OC)c1. The third kappa shape index (κ3) is 6.42. The molecule has 0 radical (unpaired) electrons. The Hall–Kier alpha value is -4.39. The van der Waals surface area contributed by atoms with E-state index in [1.807, 2.05) is 24.3 Å². The molecule has 3 aromatic carbocycles. The molecule has 0 bridgehead atoms. The van der Waals surface area contributed by atoms with Crippen LogP contribution in [0.3, 0.4) is 0 Å². The van der Waals surface area contributed by atoms with Crippen LogP contribution in [0.1, 0.15) is 18.4 Å². The van der Waals surface area contributed by atoms with Gasteiger partial charge in [0.05, 0.1) is 48.2 Å². The number of hydrogen-bond acceptors (Lipinski definition) is 7. The fraction of sp³-hybridized carbons (Fsp3) is 0.167. The topological polar surface area (TPSA) is 112 Å². The van der Waals surface area contributed by atoms with E-state index in [1.165, 1.54) is 7.11 Å².